The quantitative estimate of drug-likeness (QED) is 0.397. The van der Waals surface area contributed by atoms with Crippen LogP contribution in [-0.4, -0.2) is 4.98 Å². The standard InChI is InChI=1S/C25H25NO/c1-17(18-11-7-5-8-12-18)21-15-20(25(2,3)4)16-22-23(21)27-24(26-22)19-13-9-6-10-14-19/h5-17H,1-4H3. The molecule has 0 fully saturated rings. The molecule has 0 aliphatic carbocycles. The highest BCUT2D eigenvalue weighted by Gasteiger charge is 2.22. The highest BCUT2D eigenvalue weighted by molar-refractivity contribution is 5.81. The second kappa shape index (κ2) is 6.70. The highest BCUT2D eigenvalue weighted by atomic mass is 16.3. The van der Waals surface area contributed by atoms with E-state index in [4.69, 9.17) is 9.40 Å². The summed E-state index contributed by atoms with van der Waals surface area (Å²) in [6.45, 7) is 8.96. The van der Waals surface area contributed by atoms with Crippen LogP contribution in [-0.2, 0) is 5.41 Å². The predicted molar refractivity (Wildman–Crippen MR) is 112 cm³/mol. The molecule has 0 saturated heterocycles. The van der Waals surface area contributed by atoms with Crippen LogP contribution in [0.2, 0.25) is 0 Å². The summed E-state index contributed by atoms with van der Waals surface area (Å²) in [5.74, 6) is 0.908. The van der Waals surface area contributed by atoms with Crippen molar-refractivity contribution in [3.63, 3.8) is 0 Å². The van der Waals surface area contributed by atoms with E-state index in [2.05, 4.69) is 70.2 Å². The van der Waals surface area contributed by atoms with Gasteiger partial charge in [-0.1, -0.05) is 82.3 Å². The van der Waals surface area contributed by atoms with Crippen molar-refractivity contribution in [3.05, 3.63) is 89.5 Å². The minimum absolute atomic E-state index is 0.0468. The predicted octanol–water partition coefficient (Wildman–Crippen LogP) is 6.94. The Bertz CT molecular complexity index is 1060. The minimum Gasteiger partial charge on any atom is -0.436 e. The molecule has 0 aliphatic heterocycles. The summed E-state index contributed by atoms with van der Waals surface area (Å²) in [5, 5.41) is 0. The fraction of sp³-hybridized carbons (Fsp3) is 0.240. The Morgan fingerprint density at radius 3 is 2.11 bits per heavy atom. The summed E-state index contributed by atoms with van der Waals surface area (Å²) in [7, 11) is 0. The normalized spacial score (nSPS) is 13.0. The average molecular weight is 355 g/mol. The van der Waals surface area contributed by atoms with Crippen LogP contribution in [0.4, 0.5) is 0 Å². The Morgan fingerprint density at radius 2 is 1.48 bits per heavy atom. The molecule has 0 aliphatic rings. The molecule has 0 N–H and O–H groups in total. The van der Waals surface area contributed by atoms with Crippen LogP contribution in [0.5, 0.6) is 0 Å². The second-order valence-electron chi connectivity index (χ2n) is 8.18. The largest absolute Gasteiger partial charge is 0.436 e. The van der Waals surface area contributed by atoms with Gasteiger partial charge >= 0.3 is 0 Å². The van der Waals surface area contributed by atoms with Crippen LogP contribution < -0.4 is 0 Å². The summed E-state index contributed by atoms with van der Waals surface area (Å²) in [6, 6.07) is 25.2. The van der Waals surface area contributed by atoms with Gasteiger partial charge in [0.2, 0.25) is 5.89 Å². The zero-order valence-electron chi connectivity index (χ0n) is 16.4. The molecule has 136 valence electrons. The van der Waals surface area contributed by atoms with E-state index < -0.39 is 0 Å². The van der Waals surface area contributed by atoms with Gasteiger partial charge in [0.15, 0.2) is 5.58 Å². The first kappa shape index (κ1) is 17.5. The molecule has 4 aromatic rings. The minimum atomic E-state index is 0.0468. The summed E-state index contributed by atoms with van der Waals surface area (Å²) >= 11 is 0. The molecular formula is C25H25NO. The number of aromatic nitrogens is 1. The van der Waals surface area contributed by atoms with E-state index in [-0.39, 0.29) is 11.3 Å². The smallest absolute Gasteiger partial charge is 0.227 e. The third-order valence-corrected chi connectivity index (χ3v) is 5.17. The van der Waals surface area contributed by atoms with Crippen molar-refractivity contribution in [2.45, 2.75) is 39.0 Å². The number of oxazole rings is 1. The molecule has 0 saturated carbocycles. The SMILES string of the molecule is CC(c1ccccc1)c1cc(C(C)(C)C)cc2nc(-c3ccccc3)oc12. The number of hydrogen-bond acceptors (Lipinski definition) is 2. The van der Waals surface area contributed by atoms with Gasteiger partial charge in [-0.05, 0) is 34.7 Å². The van der Waals surface area contributed by atoms with Gasteiger partial charge in [0, 0.05) is 17.0 Å². The average Bonchev–Trinajstić information content (AvgIpc) is 3.11. The third kappa shape index (κ3) is 3.40. The molecule has 1 atom stereocenters. The molecular weight excluding hydrogens is 330 g/mol. The van der Waals surface area contributed by atoms with Gasteiger partial charge in [-0.3, -0.25) is 0 Å². The van der Waals surface area contributed by atoms with Gasteiger partial charge in [-0.15, -0.1) is 0 Å². The number of benzene rings is 3. The van der Waals surface area contributed by atoms with Gasteiger partial charge in [-0.25, -0.2) is 4.98 Å². The van der Waals surface area contributed by atoms with Crippen LogP contribution in [0.1, 0.15) is 50.3 Å². The Labute approximate surface area is 160 Å². The van der Waals surface area contributed by atoms with Gasteiger partial charge in [-0.2, -0.15) is 0 Å². The zero-order chi connectivity index (χ0) is 19.0. The maximum atomic E-state index is 6.28. The fourth-order valence-electron chi connectivity index (χ4n) is 3.44. The molecule has 1 heterocycles. The first-order chi connectivity index (χ1) is 12.9. The van der Waals surface area contributed by atoms with Crippen LogP contribution in [0.25, 0.3) is 22.6 Å². The van der Waals surface area contributed by atoms with Crippen molar-refractivity contribution in [1.29, 1.82) is 0 Å². The van der Waals surface area contributed by atoms with Gasteiger partial charge in [0.25, 0.3) is 0 Å². The molecule has 0 amide bonds. The van der Waals surface area contributed by atoms with Crippen LogP contribution >= 0.6 is 0 Å². The molecule has 1 aromatic heterocycles. The molecule has 0 bridgehead atoms. The van der Waals surface area contributed by atoms with Gasteiger partial charge in [0.1, 0.15) is 5.52 Å². The maximum Gasteiger partial charge on any atom is 0.227 e. The Kier molecular flexibility index (Phi) is 4.35. The van der Waals surface area contributed by atoms with E-state index in [1.165, 1.54) is 16.7 Å². The van der Waals surface area contributed by atoms with Crippen molar-refractivity contribution in [2.24, 2.45) is 0 Å². The summed E-state index contributed by atoms with van der Waals surface area (Å²) in [6.07, 6.45) is 0. The monoisotopic (exact) mass is 355 g/mol. The fourth-order valence-corrected chi connectivity index (χ4v) is 3.44. The Balaban J connectivity index is 1.93. The van der Waals surface area contributed by atoms with Crippen LogP contribution in [0.3, 0.4) is 0 Å². The number of nitrogens with zero attached hydrogens (tertiary/aromatic N) is 1. The molecule has 0 radical (unpaired) electrons. The number of fused-ring (bicyclic) bond motifs is 1. The molecule has 3 aromatic carbocycles. The van der Waals surface area contributed by atoms with Gasteiger partial charge < -0.3 is 4.42 Å². The molecule has 4 rings (SSSR count). The van der Waals surface area contributed by atoms with Crippen LogP contribution in [0.15, 0.2) is 77.2 Å². The van der Waals surface area contributed by atoms with Crippen molar-refractivity contribution in [2.75, 3.05) is 0 Å². The van der Waals surface area contributed by atoms with Crippen molar-refractivity contribution in [1.82, 2.24) is 4.98 Å². The van der Waals surface area contributed by atoms with E-state index in [9.17, 15) is 0 Å². The number of rotatable bonds is 3. The Hall–Kier alpha value is -2.87. The third-order valence-electron chi connectivity index (χ3n) is 5.17. The molecule has 1 unspecified atom stereocenters. The lowest BCUT2D eigenvalue weighted by Crippen LogP contribution is -2.12. The van der Waals surface area contributed by atoms with Crippen molar-refractivity contribution < 1.29 is 4.42 Å². The lowest BCUT2D eigenvalue weighted by atomic mass is 9.83. The van der Waals surface area contributed by atoms with E-state index in [0.717, 1.165) is 16.7 Å². The summed E-state index contributed by atoms with van der Waals surface area (Å²) in [4.78, 5) is 4.83. The summed E-state index contributed by atoms with van der Waals surface area (Å²) < 4.78 is 6.28. The van der Waals surface area contributed by atoms with Crippen molar-refractivity contribution in [3.8, 4) is 11.5 Å². The van der Waals surface area contributed by atoms with E-state index in [1.54, 1.807) is 0 Å². The maximum absolute atomic E-state index is 6.28. The van der Waals surface area contributed by atoms with E-state index in [0.29, 0.717) is 5.89 Å². The van der Waals surface area contributed by atoms with Crippen molar-refractivity contribution >= 4 is 11.1 Å². The highest BCUT2D eigenvalue weighted by Crippen LogP contribution is 2.37. The first-order valence-electron chi connectivity index (χ1n) is 9.49. The molecule has 27 heavy (non-hydrogen) atoms. The molecule has 2 heteroatoms. The molecule has 2 nitrogen and oxygen atoms in total. The lowest BCUT2D eigenvalue weighted by Gasteiger charge is -2.22. The second-order valence-corrected chi connectivity index (χ2v) is 8.18. The van der Waals surface area contributed by atoms with E-state index in [1.807, 2.05) is 30.3 Å². The topological polar surface area (TPSA) is 26.0 Å². The molecule has 0 spiro atoms. The Morgan fingerprint density at radius 1 is 0.852 bits per heavy atom. The number of hydrogen-bond donors (Lipinski definition) is 0. The summed E-state index contributed by atoms with van der Waals surface area (Å²) in [5.41, 5.74) is 6.62. The van der Waals surface area contributed by atoms with E-state index >= 15 is 0 Å². The first-order valence-corrected chi connectivity index (χ1v) is 9.49. The van der Waals surface area contributed by atoms with Gasteiger partial charge in [0.05, 0.1) is 0 Å². The lowest BCUT2D eigenvalue weighted by molar-refractivity contribution is 0.587. The van der Waals surface area contributed by atoms with Crippen LogP contribution in [0, 0.1) is 0 Å². The zero-order valence-corrected chi connectivity index (χ0v) is 16.4.